The van der Waals surface area contributed by atoms with Crippen LogP contribution in [0.15, 0.2) is 94.7 Å². The Balaban J connectivity index is 1.55. The van der Waals surface area contributed by atoms with Gasteiger partial charge in [0, 0.05) is 25.2 Å². The molecule has 0 spiro atoms. The van der Waals surface area contributed by atoms with Gasteiger partial charge in [-0.2, -0.15) is 0 Å². The van der Waals surface area contributed by atoms with Crippen LogP contribution in [-0.2, 0) is 29.6 Å². The molecule has 4 aromatic rings. The van der Waals surface area contributed by atoms with Crippen molar-refractivity contribution in [3.63, 3.8) is 0 Å². The minimum absolute atomic E-state index is 0.103. The van der Waals surface area contributed by atoms with Gasteiger partial charge in [0.1, 0.15) is 11.5 Å². The van der Waals surface area contributed by atoms with E-state index < -0.39 is 43.1 Å². The summed E-state index contributed by atoms with van der Waals surface area (Å²) in [5.41, 5.74) is -0.860. The predicted molar refractivity (Wildman–Crippen MR) is 170 cm³/mol. The summed E-state index contributed by atoms with van der Waals surface area (Å²) in [5.74, 6) is -3.92. The number of rotatable bonds is 12. The average Bonchev–Trinajstić information content (AvgIpc) is 2.98. The fourth-order valence-electron chi connectivity index (χ4n) is 4.09. The van der Waals surface area contributed by atoms with Crippen molar-refractivity contribution >= 4 is 66.5 Å². The number of hydrogen-bond acceptors (Lipinski definition) is 9. The van der Waals surface area contributed by atoms with Crippen molar-refractivity contribution in [3.8, 4) is 11.5 Å². The van der Waals surface area contributed by atoms with Crippen molar-refractivity contribution in [1.29, 1.82) is 0 Å². The van der Waals surface area contributed by atoms with E-state index in [1.807, 2.05) is 0 Å². The predicted octanol–water partition coefficient (Wildman–Crippen LogP) is 4.39. The average molecular weight is 683 g/mol. The van der Waals surface area contributed by atoms with E-state index in [1.165, 1.54) is 74.5 Å². The van der Waals surface area contributed by atoms with Gasteiger partial charge < -0.3 is 25.6 Å². The number of sulfonamides is 2. The number of amides is 2. The fourth-order valence-corrected chi connectivity index (χ4v) is 6.25. The third-order valence-electron chi connectivity index (χ3n) is 6.14. The van der Waals surface area contributed by atoms with Gasteiger partial charge in [-0.25, -0.2) is 26.4 Å². The first-order chi connectivity index (χ1) is 22.0. The second-order valence-corrected chi connectivity index (χ2v) is 13.1. The summed E-state index contributed by atoms with van der Waals surface area (Å²) in [5, 5.41) is 24.5. The topological polar surface area (TPSA) is 234 Å². The van der Waals surface area contributed by atoms with E-state index in [0.29, 0.717) is 11.4 Å². The molecule has 0 aliphatic carbocycles. The highest BCUT2D eigenvalue weighted by molar-refractivity contribution is 7.93. The summed E-state index contributed by atoms with van der Waals surface area (Å²) in [6.07, 6.45) is 0. The number of carboxylic acids is 2. The number of hydrogen-bond donors (Lipinski definition) is 6. The molecule has 17 heteroatoms. The molecule has 0 unspecified atom stereocenters. The summed E-state index contributed by atoms with van der Waals surface area (Å²) in [6.45, 7) is 2.58. The van der Waals surface area contributed by atoms with Crippen LogP contribution >= 0.6 is 0 Å². The Hall–Kier alpha value is -5.94. The van der Waals surface area contributed by atoms with E-state index in [4.69, 9.17) is 4.74 Å². The van der Waals surface area contributed by atoms with Crippen molar-refractivity contribution in [3.05, 3.63) is 96.1 Å². The molecule has 4 rings (SSSR count). The molecule has 15 nitrogen and oxygen atoms in total. The number of benzene rings is 4. The van der Waals surface area contributed by atoms with Gasteiger partial charge in [-0.3, -0.25) is 19.0 Å². The standard InChI is InChI=1S/C30H26N4O11S2/c1-17(35)31-19-3-9-23(10-4-19)46(41,42)33-27-13-7-21(15-25(27)29(37)38)45-22-8-14-28(26(16-22)30(39)40)34-47(43,44)24-11-5-20(6-12-24)32-18(2)36/h3-16,33-34H,1-2H3,(H,31,35)(H,32,36)(H,37,38)(H,39,40). The van der Waals surface area contributed by atoms with Crippen LogP contribution in [0.3, 0.4) is 0 Å². The Morgan fingerprint density at radius 3 is 1.19 bits per heavy atom. The number of carbonyl (C=O) groups excluding carboxylic acids is 2. The van der Waals surface area contributed by atoms with E-state index >= 15 is 0 Å². The molecule has 0 heterocycles. The quantitative estimate of drug-likeness (QED) is 0.123. The van der Waals surface area contributed by atoms with Crippen molar-refractivity contribution in [2.45, 2.75) is 23.6 Å². The minimum Gasteiger partial charge on any atom is -0.478 e. The lowest BCUT2D eigenvalue weighted by molar-refractivity contribution is -0.115. The summed E-state index contributed by atoms with van der Waals surface area (Å²) in [6, 6.07) is 17.1. The number of ether oxygens (including phenoxy) is 1. The summed E-state index contributed by atoms with van der Waals surface area (Å²) < 4.78 is 61.7. The monoisotopic (exact) mass is 682 g/mol. The van der Waals surface area contributed by atoms with Gasteiger partial charge in [0.25, 0.3) is 20.0 Å². The molecular formula is C30H26N4O11S2. The van der Waals surface area contributed by atoms with Crippen molar-refractivity contribution in [2.75, 3.05) is 20.1 Å². The maximum absolute atomic E-state index is 12.9. The molecule has 0 aliphatic heterocycles. The van der Waals surface area contributed by atoms with E-state index in [1.54, 1.807) is 0 Å². The zero-order chi connectivity index (χ0) is 34.5. The molecule has 0 saturated carbocycles. The zero-order valence-corrected chi connectivity index (χ0v) is 26.1. The molecule has 6 N–H and O–H groups in total. The Morgan fingerprint density at radius 2 is 0.894 bits per heavy atom. The summed E-state index contributed by atoms with van der Waals surface area (Å²) in [7, 11) is -8.51. The van der Waals surface area contributed by atoms with Crippen LogP contribution in [0.2, 0.25) is 0 Å². The Bertz CT molecular complexity index is 1950. The molecule has 47 heavy (non-hydrogen) atoms. The molecule has 2 amide bonds. The first kappa shape index (κ1) is 33.9. The van der Waals surface area contributed by atoms with Crippen molar-refractivity contribution in [2.24, 2.45) is 0 Å². The maximum atomic E-state index is 12.9. The number of carboxylic acid groups (broad SMARTS) is 2. The third kappa shape index (κ3) is 8.62. The van der Waals surface area contributed by atoms with Gasteiger partial charge in [-0.1, -0.05) is 0 Å². The lowest BCUT2D eigenvalue weighted by Gasteiger charge is -2.15. The molecule has 0 aromatic heterocycles. The van der Waals surface area contributed by atoms with Gasteiger partial charge in [-0.15, -0.1) is 0 Å². The van der Waals surface area contributed by atoms with E-state index in [9.17, 15) is 46.2 Å². The first-order valence-electron chi connectivity index (χ1n) is 13.3. The molecule has 0 saturated heterocycles. The van der Waals surface area contributed by atoms with E-state index in [2.05, 4.69) is 20.1 Å². The second kappa shape index (κ2) is 13.6. The molecular weight excluding hydrogens is 656 g/mol. The zero-order valence-electron chi connectivity index (χ0n) is 24.5. The third-order valence-corrected chi connectivity index (χ3v) is 8.90. The highest BCUT2D eigenvalue weighted by Crippen LogP contribution is 2.31. The van der Waals surface area contributed by atoms with Crippen LogP contribution in [-0.4, -0.2) is 50.8 Å². The Morgan fingerprint density at radius 1 is 0.553 bits per heavy atom. The van der Waals surface area contributed by atoms with Crippen molar-refractivity contribution in [1.82, 2.24) is 0 Å². The molecule has 4 aromatic carbocycles. The molecule has 0 fully saturated rings. The van der Waals surface area contributed by atoms with Crippen LogP contribution in [0.25, 0.3) is 0 Å². The molecule has 0 atom stereocenters. The fraction of sp³-hybridized carbons (Fsp3) is 0.0667. The van der Waals surface area contributed by atoms with Crippen LogP contribution in [0.1, 0.15) is 34.6 Å². The van der Waals surface area contributed by atoms with Crippen LogP contribution < -0.4 is 24.8 Å². The Labute approximate surface area is 268 Å². The summed E-state index contributed by atoms with van der Waals surface area (Å²) in [4.78, 5) is 46.0. The van der Waals surface area contributed by atoms with Gasteiger partial charge >= 0.3 is 11.9 Å². The normalized spacial score (nSPS) is 11.2. The maximum Gasteiger partial charge on any atom is 0.337 e. The molecule has 244 valence electrons. The van der Waals surface area contributed by atoms with Crippen LogP contribution in [0.5, 0.6) is 11.5 Å². The molecule has 0 radical (unpaired) electrons. The van der Waals surface area contributed by atoms with Crippen LogP contribution in [0.4, 0.5) is 22.7 Å². The highest BCUT2D eigenvalue weighted by atomic mass is 32.2. The largest absolute Gasteiger partial charge is 0.478 e. The van der Waals surface area contributed by atoms with Gasteiger partial charge in [0.05, 0.1) is 32.3 Å². The number of aromatic carboxylic acids is 2. The Kier molecular flexibility index (Phi) is 9.82. The molecule has 0 bridgehead atoms. The van der Waals surface area contributed by atoms with E-state index in [-0.39, 0.29) is 44.5 Å². The molecule has 0 aliphatic rings. The van der Waals surface area contributed by atoms with Gasteiger partial charge in [0.2, 0.25) is 11.8 Å². The second-order valence-electron chi connectivity index (χ2n) is 9.75. The van der Waals surface area contributed by atoms with E-state index in [0.717, 1.165) is 24.3 Å². The van der Waals surface area contributed by atoms with Gasteiger partial charge in [0.15, 0.2) is 0 Å². The number of carbonyl (C=O) groups is 4. The lowest BCUT2D eigenvalue weighted by Crippen LogP contribution is -2.16. The number of nitrogens with one attached hydrogen (secondary N) is 4. The van der Waals surface area contributed by atoms with Crippen molar-refractivity contribution < 1.29 is 51.0 Å². The van der Waals surface area contributed by atoms with Gasteiger partial charge in [-0.05, 0) is 84.9 Å². The smallest absolute Gasteiger partial charge is 0.337 e. The lowest BCUT2D eigenvalue weighted by atomic mass is 10.1. The summed E-state index contributed by atoms with van der Waals surface area (Å²) >= 11 is 0. The minimum atomic E-state index is -4.25. The number of anilines is 4. The first-order valence-corrected chi connectivity index (χ1v) is 16.2. The van der Waals surface area contributed by atoms with Crippen LogP contribution in [0, 0.1) is 0 Å². The highest BCUT2D eigenvalue weighted by Gasteiger charge is 2.22. The SMILES string of the molecule is CC(=O)Nc1ccc(S(=O)(=O)Nc2ccc(Oc3ccc(NS(=O)(=O)c4ccc(NC(C)=O)cc4)c(C(=O)O)c3)cc2C(=O)O)cc1.